The van der Waals surface area contributed by atoms with Gasteiger partial charge in [-0.25, -0.2) is 4.98 Å². The molecule has 0 saturated carbocycles. The van der Waals surface area contributed by atoms with Crippen molar-refractivity contribution in [2.24, 2.45) is 7.05 Å². The van der Waals surface area contributed by atoms with E-state index in [-0.39, 0.29) is 0 Å². The molecule has 5 heteroatoms. The Balaban J connectivity index is 2.57. The number of methoxy groups -OCH3 is 1. The maximum atomic E-state index is 6.05. The number of rotatable bonds is 4. The van der Waals surface area contributed by atoms with Crippen molar-refractivity contribution in [3.8, 4) is 17.0 Å². The smallest absolute Gasteiger partial charge is 0.128 e. The fourth-order valence-electron chi connectivity index (χ4n) is 1.92. The van der Waals surface area contributed by atoms with Gasteiger partial charge in [-0.05, 0) is 25.2 Å². The number of aromatic nitrogens is 2. The maximum absolute atomic E-state index is 6.05. The lowest BCUT2D eigenvalue weighted by atomic mass is 10.1. The number of ether oxygens (including phenoxy) is 1. The zero-order valence-corrected chi connectivity index (χ0v) is 11.5. The van der Waals surface area contributed by atoms with E-state index in [2.05, 4.69) is 10.3 Å². The van der Waals surface area contributed by atoms with Gasteiger partial charge in [-0.3, -0.25) is 0 Å². The summed E-state index contributed by atoms with van der Waals surface area (Å²) in [4.78, 5) is 4.44. The largest absolute Gasteiger partial charge is 0.496 e. The van der Waals surface area contributed by atoms with Crippen molar-refractivity contribution in [3.63, 3.8) is 0 Å². The molecule has 2 rings (SSSR count). The summed E-state index contributed by atoms with van der Waals surface area (Å²) in [5, 5.41) is 3.81. The monoisotopic (exact) mass is 265 g/mol. The van der Waals surface area contributed by atoms with Gasteiger partial charge in [0.05, 0.1) is 24.8 Å². The number of hydrogen-bond acceptors (Lipinski definition) is 3. The Hall–Kier alpha value is -1.52. The molecule has 4 nitrogen and oxygen atoms in total. The molecule has 1 aromatic carbocycles. The summed E-state index contributed by atoms with van der Waals surface area (Å²) in [6.07, 6.45) is 1.79. The Labute approximate surface area is 112 Å². The number of hydrogen-bond donors (Lipinski definition) is 1. The lowest BCUT2D eigenvalue weighted by Crippen LogP contribution is -2.10. The van der Waals surface area contributed by atoms with Gasteiger partial charge in [0.2, 0.25) is 0 Å². The fraction of sp³-hybridized carbons (Fsp3) is 0.308. The van der Waals surface area contributed by atoms with Crippen molar-refractivity contribution in [1.29, 1.82) is 0 Å². The molecule has 0 aliphatic rings. The molecule has 18 heavy (non-hydrogen) atoms. The number of nitrogens with zero attached hydrogens (tertiary/aromatic N) is 2. The van der Waals surface area contributed by atoms with E-state index in [9.17, 15) is 0 Å². The number of aryl methyl sites for hydroxylation is 1. The van der Waals surface area contributed by atoms with Gasteiger partial charge in [0.1, 0.15) is 5.75 Å². The van der Waals surface area contributed by atoms with E-state index >= 15 is 0 Å². The zero-order valence-electron chi connectivity index (χ0n) is 10.7. The van der Waals surface area contributed by atoms with E-state index in [0.717, 1.165) is 29.2 Å². The first kappa shape index (κ1) is 12.9. The van der Waals surface area contributed by atoms with E-state index in [1.165, 1.54) is 0 Å². The zero-order chi connectivity index (χ0) is 13.1. The van der Waals surface area contributed by atoms with E-state index < -0.39 is 0 Å². The first-order valence-electron chi connectivity index (χ1n) is 5.66. The van der Waals surface area contributed by atoms with E-state index in [4.69, 9.17) is 16.3 Å². The quantitative estimate of drug-likeness (QED) is 0.923. The molecule has 0 aliphatic carbocycles. The average molecular weight is 266 g/mol. The Morgan fingerprint density at radius 3 is 2.89 bits per heavy atom. The van der Waals surface area contributed by atoms with Crippen LogP contribution in [0.3, 0.4) is 0 Å². The summed E-state index contributed by atoms with van der Waals surface area (Å²) >= 11 is 6.05. The highest BCUT2D eigenvalue weighted by atomic mass is 35.5. The number of halogens is 1. The van der Waals surface area contributed by atoms with Crippen LogP contribution in [0.1, 0.15) is 5.69 Å². The minimum absolute atomic E-state index is 0.673. The minimum atomic E-state index is 0.673. The molecule has 1 aromatic heterocycles. The second-order valence-corrected chi connectivity index (χ2v) is 4.46. The van der Waals surface area contributed by atoms with E-state index in [0.29, 0.717) is 5.02 Å². The Morgan fingerprint density at radius 2 is 2.22 bits per heavy atom. The van der Waals surface area contributed by atoms with Crippen LogP contribution in [0.4, 0.5) is 0 Å². The third kappa shape index (κ3) is 2.35. The summed E-state index contributed by atoms with van der Waals surface area (Å²) in [6.45, 7) is 0.738. The standard InChI is InChI=1S/C13H16ClN3O/c1-15-7-11-13(16-8-17(11)2)10-6-9(14)4-5-12(10)18-3/h4-6,8,15H,7H2,1-3H3. The lowest BCUT2D eigenvalue weighted by Gasteiger charge is -2.10. The van der Waals surface area contributed by atoms with Crippen molar-refractivity contribution in [2.75, 3.05) is 14.2 Å². The second-order valence-electron chi connectivity index (χ2n) is 4.03. The number of imidazole rings is 1. The van der Waals surface area contributed by atoms with Gasteiger partial charge in [0, 0.05) is 24.2 Å². The number of benzene rings is 1. The summed E-state index contributed by atoms with van der Waals surface area (Å²) < 4.78 is 7.36. The molecule has 0 fully saturated rings. The van der Waals surface area contributed by atoms with Gasteiger partial charge in [-0.2, -0.15) is 0 Å². The Kier molecular flexibility index (Phi) is 3.89. The third-order valence-corrected chi connectivity index (χ3v) is 3.06. The first-order valence-corrected chi connectivity index (χ1v) is 6.04. The van der Waals surface area contributed by atoms with Gasteiger partial charge in [0.15, 0.2) is 0 Å². The maximum Gasteiger partial charge on any atom is 0.128 e. The van der Waals surface area contributed by atoms with Crippen molar-refractivity contribution in [1.82, 2.24) is 14.9 Å². The fourth-order valence-corrected chi connectivity index (χ4v) is 2.09. The van der Waals surface area contributed by atoms with Crippen molar-refractivity contribution in [3.05, 3.63) is 35.2 Å². The normalized spacial score (nSPS) is 10.7. The van der Waals surface area contributed by atoms with Crippen molar-refractivity contribution in [2.45, 2.75) is 6.54 Å². The van der Waals surface area contributed by atoms with Crippen LogP contribution >= 0.6 is 11.6 Å². The van der Waals surface area contributed by atoms with Gasteiger partial charge in [-0.15, -0.1) is 0 Å². The van der Waals surface area contributed by atoms with Crippen molar-refractivity contribution < 1.29 is 4.74 Å². The highest BCUT2D eigenvalue weighted by molar-refractivity contribution is 6.31. The Bertz CT molecular complexity index is 551. The molecule has 1 N–H and O–H groups in total. The SMILES string of the molecule is CNCc1c(-c2cc(Cl)ccc2OC)ncn1C. The summed E-state index contributed by atoms with van der Waals surface area (Å²) in [6, 6.07) is 5.54. The molecular weight excluding hydrogens is 250 g/mol. The third-order valence-electron chi connectivity index (χ3n) is 2.82. The highest BCUT2D eigenvalue weighted by Crippen LogP contribution is 2.33. The van der Waals surface area contributed by atoms with Crippen molar-refractivity contribution >= 4 is 11.6 Å². The van der Waals surface area contributed by atoms with Crippen LogP contribution in [0.15, 0.2) is 24.5 Å². The van der Waals surface area contributed by atoms with Crippen LogP contribution in [-0.4, -0.2) is 23.7 Å². The predicted octanol–water partition coefficient (Wildman–Crippen LogP) is 2.47. The van der Waals surface area contributed by atoms with Crippen LogP contribution < -0.4 is 10.1 Å². The van der Waals surface area contributed by atoms with Gasteiger partial charge >= 0.3 is 0 Å². The lowest BCUT2D eigenvalue weighted by molar-refractivity contribution is 0.416. The molecule has 0 unspecified atom stereocenters. The molecule has 0 amide bonds. The minimum Gasteiger partial charge on any atom is -0.496 e. The molecule has 96 valence electrons. The molecule has 0 atom stereocenters. The van der Waals surface area contributed by atoms with Crippen LogP contribution in [0.5, 0.6) is 5.75 Å². The van der Waals surface area contributed by atoms with E-state index in [1.807, 2.05) is 36.9 Å². The predicted molar refractivity (Wildman–Crippen MR) is 73.0 cm³/mol. The second kappa shape index (κ2) is 5.42. The highest BCUT2D eigenvalue weighted by Gasteiger charge is 2.15. The summed E-state index contributed by atoms with van der Waals surface area (Å²) in [5.41, 5.74) is 2.90. The van der Waals surface area contributed by atoms with Gasteiger partial charge in [-0.1, -0.05) is 11.6 Å². The average Bonchev–Trinajstić information content (AvgIpc) is 2.72. The Morgan fingerprint density at radius 1 is 1.44 bits per heavy atom. The summed E-state index contributed by atoms with van der Waals surface area (Å²) in [7, 11) is 5.53. The number of nitrogens with one attached hydrogen (secondary N) is 1. The summed E-state index contributed by atoms with van der Waals surface area (Å²) in [5.74, 6) is 0.774. The molecule has 1 heterocycles. The molecule has 0 aliphatic heterocycles. The van der Waals surface area contributed by atoms with E-state index in [1.54, 1.807) is 13.4 Å². The first-order chi connectivity index (χ1) is 8.67. The topological polar surface area (TPSA) is 39.1 Å². The molecule has 0 bridgehead atoms. The van der Waals surface area contributed by atoms with Gasteiger partial charge in [0.25, 0.3) is 0 Å². The molecule has 0 radical (unpaired) electrons. The van der Waals surface area contributed by atoms with Crippen LogP contribution in [0.25, 0.3) is 11.3 Å². The van der Waals surface area contributed by atoms with Crippen LogP contribution in [0, 0.1) is 0 Å². The van der Waals surface area contributed by atoms with Gasteiger partial charge < -0.3 is 14.6 Å². The molecule has 0 spiro atoms. The van der Waals surface area contributed by atoms with Crippen LogP contribution in [0.2, 0.25) is 5.02 Å². The molecule has 0 saturated heterocycles. The molecular formula is C13H16ClN3O. The van der Waals surface area contributed by atoms with Crippen LogP contribution in [-0.2, 0) is 13.6 Å². The molecule has 2 aromatic rings.